The van der Waals surface area contributed by atoms with Crippen LogP contribution in [0.1, 0.15) is 25.7 Å². The second-order valence-corrected chi connectivity index (χ2v) is 3.80. The molecule has 2 rings (SSSR count). The fourth-order valence-electron chi connectivity index (χ4n) is 2.41. The zero-order valence-corrected chi connectivity index (χ0v) is 7.79. The highest BCUT2D eigenvalue weighted by molar-refractivity contribution is 5.86. The summed E-state index contributed by atoms with van der Waals surface area (Å²) in [4.78, 5) is 7.31. The van der Waals surface area contributed by atoms with Crippen molar-refractivity contribution in [1.29, 1.82) is 0 Å². The number of hydrogen-bond acceptors (Lipinski definition) is 3. The van der Waals surface area contributed by atoms with Gasteiger partial charge in [-0.2, -0.15) is 0 Å². The quantitative estimate of drug-likeness (QED) is 0.550. The van der Waals surface area contributed by atoms with Crippen molar-refractivity contribution in [2.45, 2.75) is 37.8 Å². The van der Waals surface area contributed by atoms with E-state index in [-0.39, 0.29) is 0 Å². The summed E-state index contributed by atoms with van der Waals surface area (Å²) >= 11 is 0. The second kappa shape index (κ2) is 3.05. The first-order valence-corrected chi connectivity index (χ1v) is 4.62. The van der Waals surface area contributed by atoms with Crippen molar-refractivity contribution in [1.82, 2.24) is 4.90 Å². The van der Waals surface area contributed by atoms with Crippen molar-refractivity contribution in [3.05, 3.63) is 0 Å². The predicted molar refractivity (Wildman–Crippen MR) is 48.3 cm³/mol. The summed E-state index contributed by atoms with van der Waals surface area (Å²) in [6, 6.07) is 1.47. The van der Waals surface area contributed by atoms with E-state index < -0.39 is 0 Å². The molecule has 3 nitrogen and oxygen atoms in total. The third-order valence-corrected chi connectivity index (χ3v) is 3.15. The van der Waals surface area contributed by atoms with Gasteiger partial charge in [0.25, 0.3) is 0 Å². The fourth-order valence-corrected chi connectivity index (χ4v) is 2.41. The molecular formula is C9H16N2O. The third kappa shape index (κ3) is 1.22. The Morgan fingerprint density at radius 1 is 1.33 bits per heavy atom. The summed E-state index contributed by atoms with van der Waals surface area (Å²) in [5.74, 6) is 0. The lowest BCUT2D eigenvalue weighted by atomic mass is 10.0. The highest BCUT2D eigenvalue weighted by Crippen LogP contribution is 2.32. The number of piperidine rings is 1. The topological polar surface area (TPSA) is 24.8 Å². The van der Waals surface area contributed by atoms with E-state index in [0.717, 1.165) is 24.9 Å². The number of nitrogens with zero attached hydrogens (tertiary/aromatic N) is 2. The van der Waals surface area contributed by atoms with Crippen LogP contribution in [0.2, 0.25) is 0 Å². The molecule has 3 heteroatoms. The van der Waals surface area contributed by atoms with Crippen LogP contribution in [0.15, 0.2) is 5.16 Å². The summed E-state index contributed by atoms with van der Waals surface area (Å²) in [6.45, 7) is 0. The largest absolute Gasteiger partial charge is 0.399 e. The van der Waals surface area contributed by atoms with Crippen LogP contribution in [0.5, 0.6) is 0 Å². The van der Waals surface area contributed by atoms with Crippen molar-refractivity contribution < 1.29 is 4.84 Å². The maximum Gasteiger partial charge on any atom is 0.106 e. The highest BCUT2D eigenvalue weighted by Gasteiger charge is 2.36. The van der Waals surface area contributed by atoms with E-state index in [1.807, 2.05) is 0 Å². The molecule has 0 amide bonds. The van der Waals surface area contributed by atoms with Crippen LogP contribution >= 0.6 is 0 Å². The Morgan fingerprint density at radius 2 is 1.92 bits per heavy atom. The smallest absolute Gasteiger partial charge is 0.106 e. The molecule has 0 spiro atoms. The van der Waals surface area contributed by atoms with Gasteiger partial charge in [0.15, 0.2) is 0 Å². The van der Waals surface area contributed by atoms with Crippen molar-refractivity contribution in [3.63, 3.8) is 0 Å². The molecule has 2 aliphatic rings. The summed E-state index contributed by atoms with van der Waals surface area (Å²) in [5, 5.41) is 4.05. The minimum atomic E-state index is 0.734. The molecule has 0 aromatic heterocycles. The van der Waals surface area contributed by atoms with Gasteiger partial charge >= 0.3 is 0 Å². The Hall–Kier alpha value is -0.570. The van der Waals surface area contributed by atoms with Gasteiger partial charge in [0, 0.05) is 24.9 Å². The first-order chi connectivity index (χ1) is 5.81. The Kier molecular flexibility index (Phi) is 2.05. The molecule has 68 valence electrons. The average molecular weight is 168 g/mol. The Bertz CT molecular complexity index is 187. The monoisotopic (exact) mass is 168 g/mol. The van der Waals surface area contributed by atoms with Gasteiger partial charge in [-0.15, -0.1) is 0 Å². The van der Waals surface area contributed by atoms with Crippen molar-refractivity contribution in [3.8, 4) is 0 Å². The van der Waals surface area contributed by atoms with Gasteiger partial charge in [0.1, 0.15) is 7.11 Å². The first-order valence-electron chi connectivity index (χ1n) is 4.62. The molecule has 0 N–H and O–H groups in total. The average Bonchev–Trinajstić information content (AvgIpc) is 2.33. The van der Waals surface area contributed by atoms with E-state index in [0.29, 0.717) is 0 Å². The van der Waals surface area contributed by atoms with Gasteiger partial charge in [0.05, 0.1) is 5.71 Å². The predicted octanol–water partition coefficient (Wildman–Crippen LogP) is 1.25. The lowest BCUT2D eigenvalue weighted by Crippen LogP contribution is -2.40. The van der Waals surface area contributed by atoms with E-state index in [9.17, 15) is 0 Å². The van der Waals surface area contributed by atoms with Crippen LogP contribution in [0.25, 0.3) is 0 Å². The van der Waals surface area contributed by atoms with Crippen LogP contribution in [0, 0.1) is 0 Å². The molecule has 0 aromatic carbocycles. The molecule has 0 saturated carbocycles. The SMILES string of the molecule is CON=C1CC2CCC(C1)N2C. The Morgan fingerprint density at radius 3 is 2.42 bits per heavy atom. The maximum absolute atomic E-state index is 4.81. The van der Waals surface area contributed by atoms with Crippen LogP contribution in [-0.4, -0.2) is 36.9 Å². The third-order valence-electron chi connectivity index (χ3n) is 3.15. The summed E-state index contributed by atoms with van der Waals surface area (Å²) in [7, 11) is 3.86. The van der Waals surface area contributed by atoms with Crippen LogP contribution in [0.3, 0.4) is 0 Å². The van der Waals surface area contributed by atoms with Gasteiger partial charge in [-0.1, -0.05) is 5.16 Å². The number of hydrogen-bond donors (Lipinski definition) is 0. The molecular weight excluding hydrogens is 152 g/mol. The summed E-state index contributed by atoms with van der Waals surface area (Å²) in [6.07, 6.45) is 4.90. The van der Waals surface area contributed by atoms with E-state index in [1.54, 1.807) is 7.11 Å². The van der Waals surface area contributed by atoms with Crippen LogP contribution in [0.4, 0.5) is 0 Å². The standard InChI is InChI=1S/C9H16N2O/c1-11-8-3-4-9(11)6-7(5-8)10-12-2/h8-9H,3-6H2,1-2H3. The minimum absolute atomic E-state index is 0.734. The van der Waals surface area contributed by atoms with E-state index >= 15 is 0 Å². The number of fused-ring (bicyclic) bond motifs is 2. The first kappa shape index (κ1) is 8.05. The molecule has 2 bridgehead atoms. The molecule has 0 radical (unpaired) electrons. The van der Waals surface area contributed by atoms with Crippen LogP contribution < -0.4 is 0 Å². The lowest BCUT2D eigenvalue weighted by Gasteiger charge is -2.31. The Balaban J connectivity index is 2.07. The van der Waals surface area contributed by atoms with E-state index in [1.165, 1.54) is 18.6 Å². The number of oxime groups is 1. The van der Waals surface area contributed by atoms with Crippen molar-refractivity contribution in [2.75, 3.05) is 14.2 Å². The van der Waals surface area contributed by atoms with E-state index in [4.69, 9.17) is 4.84 Å². The maximum atomic E-state index is 4.81. The molecule has 2 saturated heterocycles. The van der Waals surface area contributed by atoms with Gasteiger partial charge in [-0.25, -0.2) is 0 Å². The Labute approximate surface area is 73.4 Å². The summed E-state index contributed by atoms with van der Waals surface area (Å²) in [5.41, 5.74) is 1.25. The van der Waals surface area contributed by atoms with Gasteiger partial charge in [0.2, 0.25) is 0 Å². The minimum Gasteiger partial charge on any atom is -0.399 e. The van der Waals surface area contributed by atoms with Crippen molar-refractivity contribution >= 4 is 5.71 Å². The second-order valence-electron chi connectivity index (χ2n) is 3.80. The molecule has 2 heterocycles. The summed E-state index contributed by atoms with van der Waals surface area (Å²) < 4.78 is 0. The van der Waals surface area contributed by atoms with Gasteiger partial charge < -0.3 is 4.84 Å². The molecule has 2 fully saturated rings. The molecule has 12 heavy (non-hydrogen) atoms. The zero-order valence-electron chi connectivity index (χ0n) is 7.79. The van der Waals surface area contributed by atoms with Crippen LogP contribution in [-0.2, 0) is 4.84 Å². The van der Waals surface area contributed by atoms with Gasteiger partial charge in [-0.05, 0) is 19.9 Å². The lowest BCUT2D eigenvalue weighted by molar-refractivity contribution is 0.195. The van der Waals surface area contributed by atoms with Crippen molar-refractivity contribution in [2.24, 2.45) is 5.16 Å². The molecule has 2 atom stereocenters. The van der Waals surface area contributed by atoms with E-state index in [2.05, 4.69) is 17.1 Å². The molecule has 2 aliphatic heterocycles. The number of rotatable bonds is 1. The fraction of sp³-hybridized carbons (Fsp3) is 0.889. The normalized spacial score (nSPS) is 35.3. The highest BCUT2D eigenvalue weighted by atomic mass is 16.6. The molecule has 0 aromatic rings. The zero-order chi connectivity index (χ0) is 8.55. The molecule has 0 aliphatic carbocycles. The van der Waals surface area contributed by atoms with Gasteiger partial charge in [-0.3, -0.25) is 4.90 Å². The molecule has 2 unspecified atom stereocenters.